The van der Waals surface area contributed by atoms with Crippen LogP contribution in [-0.2, 0) is 9.59 Å². The summed E-state index contributed by atoms with van der Waals surface area (Å²) in [4.78, 5) is 22.4. The minimum Gasteiger partial charge on any atom is -0.356 e. The van der Waals surface area contributed by atoms with E-state index in [2.05, 4.69) is 10.6 Å². The monoisotopic (exact) mass is 244 g/mol. The third kappa shape index (κ3) is 6.50. The fraction of sp³-hybridized carbons (Fsp3) is 0.636. The molecule has 16 heavy (non-hydrogen) atoms. The molecule has 92 valence electrons. The van der Waals surface area contributed by atoms with Gasteiger partial charge in [-0.2, -0.15) is 0 Å². The van der Waals surface area contributed by atoms with Crippen molar-refractivity contribution in [2.24, 2.45) is 0 Å². The van der Waals surface area contributed by atoms with E-state index in [1.165, 1.54) is 11.8 Å². The van der Waals surface area contributed by atoms with Gasteiger partial charge in [-0.15, -0.1) is 11.8 Å². The lowest BCUT2D eigenvalue weighted by Gasteiger charge is -2.09. The summed E-state index contributed by atoms with van der Waals surface area (Å²) in [6.45, 7) is 6.07. The largest absolute Gasteiger partial charge is 0.356 e. The average Bonchev–Trinajstić information content (AvgIpc) is 2.25. The van der Waals surface area contributed by atoms with Gasteiger partial charge in [0.2, 0.25) is 11.8 Å². The molecule has 0 saturated carbocycles. The maximum absolute atomic E-state index is 11.5. The summed E-state index contributed by atoms with van der Waals surface area (Å²) in [5.41, 5.74) is 1.08. The van der Waals surface area contributed by atoms with Gasteiger partial charge >= 0.3 is 0 Å². The van der Waals surface area contributed by atoms with Gasteiger partial charge in [-0.3, -0.25) is 9.59 Å². The Bertz CT molecular complexity index is 284. The number of nitrogens with one attached hydrogen (secondary N) is 2. The molecule has 0 heterocycles. The lowest BCUT2D eigenvalue weighted by atomic mass is 10.3. The normalized spacial score (nSPS) is 9.50. The van der Waals surface area contributed by atoms with Crippen LogP contribution in [0.25, 0.3) is 0 Å². The molecular weight excluding hydrogens is 224 g/mol. The fourth-order valence-corrected chi connectivity index (χ4v) is 1.63. The Labute approximate surface area is 101 Å². The van der Waals surface area contributed by atoms with Crippen molar-refractivity contribution in [3.8, 4) is 0 Å². The number of carbonyl (C=O) groups excluding carboxylic acids is 2. The van der Waals surface area contributed by atoms with Crippen LogP contribution in [0.15, 0.2) is 10.6 Å². The zero-order valence-electron chi connectivity index (χ0n) is 10.3. The lowest BCUT2D eigenvalue weighted by Crippen LogP contribution is -2.29. The maximum atomic E-state index is 11.5. The van der Waals surface area contributed by atoms with Gasteiger partial charge in [0.05, 0.1) is 5.03 Å². The van der Waals surface area contributed by atoms with Gasteiger partial charge in [-0.05, 0) is 25.7 Å². The molecule has 0 fully saturated rings. The zero-order valence-corrected chi connectivity index (χ0v) is 11.2. The molecule has 0 aromatic heterocycles. The smallest absolute Gasteiger partial charge is 0.226 e. The topological polar surface area (TPSA) is 58.2 Å². The van der Waals surface area contributed by atoms with E-state index in [-0.39, 0.29) is 11.8 Å². The van der Waals surface area contributed by atoms with E-state index in [0.29, 0.717) is 19.4 Å². The molecule has 0 aliphatic heterocycles. The van der Waals surface area contributed by atoms with Gasteiger partial charge < -0.3 is 10.6 Å². The lowest BCUT2D eigenvalue weighted by molar-refractivity contribution is -0.121. The van der Waals surface area contributed by atoms with E-state index < -0.39 is 0 Å². The SMILES string of the molecule is CCC(=O)NCCC(=O)NC(SC)=C(C)C. The quantitative estimate of drug-likeness (QED) is 0.746. The van der Waals surface area contributed by atoms with Gasteiger partial charge in [-0.25, -0.2) is 0 Å². The summed E-state index contributed by atoms with van der Waals surface area (Å²) in [6, 6.07) is 0. The summed E-state index contributed by atoms with van der Waals surface area (Å²) >= 11 is 1.51. The van der Waals surface area contributed by atoms with Crippen LogP contribution in [0, 0.1) is 0 Å². The van der Waals surface area contributed by atoms with Crippen molar-refractivity contribution in [2.45, 2.75) is 33.6 Å². The van der Waals surface area contributed by atoms with Crippen molar-refractivity contribution in [3.05, 3.63) is 10.6 Å². The van der Waals surface area contributed by atoms with E-state index in [9.17, 15) is 9.59 Å². The summed E-state index contributed by atoms with van der Waals surface area (Å²) in [5.74, 6) is -0.0953. The van der Waals surface area contributed by atoms with Crippen LogP contribution in [0.2, 0.25) is 0 Å². The van der Waals surface area contributed by atoms with Crippen molar-refractivity contribution >= 4 is 23.6 Å². The van der Waals surface area contributed by atoms with Gasteiger partial charge in [-0.1, -0.05) is 6.92 Å². The Morgan fingerprint density at radius 2 is 1.81 bits per heavy atom. The molecule has 4 nitrogen and oxygen atoms in total. The number of allylic oxidation sites excluding steroid dienone is 1. The molecule has 0 rings (SSSR count). The summed E-state index contributed by atoms with van der Waals surface area (Å²) in [6.07, 6.45) is 2.68. The first kappa shape index (κ1) is 15.0. The first-order valence-electron chi connectivity index (χ1n) is 5.29. The van der Waals surface area contributed by atoms with Crippen LogP contribution in [0.1, 0.15) is 33.6 Å². The Kier molecular flexibility index (Phi) is 7.72. The maximum Gasteiger partial charge on any atom is 0.226 e. The molecule has 0 aliphatic carbocycles. The molecule has 0 aromatic carbocycles. The zero-order chi connectivity index (χ0) is 12.6. The van der Waals surface area contributed by atoms with Crippen LogP contribution in [0.5, 0.6) is 0 Å². The molecule has 0 aromatic rings. The minimum atomic E-state index is -0.0676. The molecule has 0 atom stereocenters. The van der Waals surface area contributed by atoms with Crippen molar-refractivity contribution < 1.29 is 9.59 Å². The van der Waals surface area contributed by atoms with Crippen molar-refractivity contribution in [1.82, 2.24) is 10.6 Å². The molecule has 5 heteroatoms. The van der Waals surface area contributed by atoms with Gasteiger partial charge in [0.1, 0.15) is 0 Å². The van der Waals surface area contributed by atoms with Crippen LogP contribution < -0.4 is 10.6 Å². The predicted octanol–water partition coefficient (Wildman–Crippen LogP) is 1.63. The molecule has 0 aliphatic rings. The van der Waals surface area contributed by atoms with Crippen LogP contribution >= 0.6 is 11.8 Å². The fourth-order valence-electron chi connectivity index (χ4n) is 1.01. The number of thioether (sulfide) groups is 1. The van der Waals surface area contributed by atoms with E-state index >= 15 is 0 Å². The van der Waals surface area contributed by atoms with Crippen LogP contribution in [0.4, 0.5) is 0 Å². The molecule has 0 unspecified atom stereocenters. The predicted molar refractivity (Wildman–Crippen MR) is 67.9 cm³/mol. The molecular formula is C11H20N2O2S. The summed E-state index contributed by atoms with van der Waals surface area (Å²) in [5, 5.41) is 6.35. The van der Waals surface area contributed by atoms with E-state index in [0.717, 1.165) is 10.6 Å². The molecule has 0 bridgehead atoms. The number of carbonyl (C=O) groups is 2. The molecule has 0 spiro atoms. The average molecular weight is 244 g/mol. The molecule has 2 N–H and O–H groups in total. The second kappa shape index (κ2) is 8.21. The number of rotatable bonds is 6. The highest BCUT2D eigenvalue weighted by atomic mass is 32.2. The van der Waals surface area contributed by atoms with Crippen LogP contribution in [-0.4, -0.2) is 24.6 Å². The first-order valence-corrected chi connectivity index (χ1v) is 6.51. The minimum absolute atomic E-state index is 0.0277. The number of hydrogen-bond acceptors (Lipinski definition) is 3. The van der Waals surface area contributed by atoms with Crippen molar-refractivity contribution in [3.63, 3.8) is 0 Å². The first-order chi connectivity index (χ1) is 7.51. The highest BCUT2D eigenvalue weighted by Crippen LogP contribution is 2.12. The Morgan fingerprint density at radius 3 is 2.25 bits per heavy atom. The summed E-state index contributed by atoms with van der Waals surface area (Å²) in [7, 11) is 0. The van der Waals surface area contributed by atoms with E-state index in [1.54, 1.807) is 6.92 Å². The van der Waals surface area contributed by atoms with E-state index in [4.69, 9.17) is 0 Å². The molecule has 2 amide bonds. The standard InChI is InChI=1S/C11H20N2O2S/c1-5-9(14)12-7-6-10(15)13-11(16-4)8(2)3/h5-7H2,1-4H3,(H,12,14)(H,13,15). The summed E-state index contributed by atoms with van der Waals surface area (Å²) < 4.78 is 0. The Morgan fingerprint density at radius 1 is 1.19 bits per heavy atom. The number of amides is 2. The molecule has 0 saturated heterocycles. The second-order valence-corrected chi connectivity index (χ2v) is 4.35. The molecule has 0 radical (unpaired) electrons. The highest BCUT2D eigenvalue weighted by Gasteiger charge is 2.05. The van der Waals surface area contributed by atoms with Crippen molar-refractivity contribution in [2.75, 3.05) is 12.8 Å². The van der Waals surface area contributed by atoms with Gasteiger partial charge in [0, 0.05) is 19.4 Å². The Hall–Kier alpha value is -0.970. The van der Waals surface area contributed by atoms with Crippen molar-refractivity contribution in [1.29, 1.82) is 0 Å². The second-order valence-electron chi connectivity index (χ2n) is 3.53. The third-order valence-corrected chi connectivity index (χ3v) is 2.83. The van der Waals surface area contributed by atoms with Crippen LogP contribution in [0.3, 0.4) is 0 Å². The third-order valence-electron chi connectivity index (χ3n) is 1.91. The van der Waals surface area contributed by atoms with E-state index in [1.807, 2.05) is 20.1 Å². The highest BCUT2D eigenvalue weighted by molar-refractivity contribution is 8.02. The van der Waals surface area contributed by atoms with Gasteiger partial charge in [0.25, 0.3) is 0 Å². The Balaban J connectivity index is 3.91. The van der Waals surface area contributed by atoms with Gasteiger partial charge in [0.15, 0.2) is 0 Å². The number of hydrogen-bond donors (Lipinski definition) is 2.